The summed E-state index contributed by atoms with van der Waals surface area (Å²) in [7, 11) is 2.04. The van der Waals surface area contributed by atoms with E-state index in [4.69, 9.17) is 24.3 Å². The van der Waals surface area contributed by atoms with Crippen LogP contribution in [0.4, 0.5) is 10.5 Å². The van der Waals surface area contributed by atoms with E-state index in [2.05, 4.69) is 40.1 Å². The highest BCUT2D eigenvalue weighted by atomic mass is 16.6. The highest BCUT2D eigenvalue weighted by Crippen LogP contribution is 2.43. The molecule has 3 fully saturated rings. The first-order chi connectivity index (χ1) is 27.6. The van der Waals surface area contributed by atoms with Gasteiger partial charge in [0.15, 0.2) is 0 Å². The number of nitrogens with zero attached hydrogens (tertiary/aromatic N) is 6. The summed E-state index contributed by atoms with van der Waals surface area (Å²) in [5, 5.41) is 6.19. The van der Waals surface area contributed by atoms with Gasteiger partial charge < -0.3 is 28.9 Å². The molecule has 2 aromatic heterocycles. The maximum atomic E-state index is 12.6. The summed E-state index contributed by atoms with van der Waals surface area (Å²) in [6.45, 7) is 13.8. The van der Waals surface area contributed by atoms with Gasteiger partial charge in [-0.1, -0.05) is 72.8 Å². The van der Waals surface area contributed by atoms with Gasteiger partial charge in [-0.05, 0) is 107 Å². The van der Waals surface area contributed by atoms with E-state index < -0.39 is 5.60 Å². The minimum Gasteiger partial charge on any atom is -0.473 e. The molecule has 300 valence electrons. The zero-order chi connectivity index (χ0) is 39.4. The average Bonchev–Trinajstić information content (AvgIpc) is 3.57. The lowest BCUT2D eigenvalue weighted by molar-refractivity contribution is -0.00396. The summed E-state index contributed by atoms with van der Waals surface area (Å²) in [4.78, 5) is 24.7. The van der Waals surface area contributed by atoms with Crippen molar-refractivity contribution in [2.45, 2.75) is 78.1 Å². The Morgan fingerprint density at radius 2 is 1.39 bits per heavy atom. The Hall–Kier alpha value is -5.09. The van der Waals surface area contributed by atoms with E-state index in [0.717, 1.165) is 85.4 Å². The van der Waals surface area contributed by atoms with Crippen LogP contribution in [-0.4, -0.2) is 82.1 Å². The van der Waals surface area contributed by atoms with Crippen LogP contribution in [0.2, 0.25) is 0 Å². The molecule has 3 aromatic carbocycles. The molecule has 57 heavy (non-hydrogen) atoms. The number of carbonyl (C=O) groups excluding carboxylic acids is 1. The Bertz CT molecular complexity index is 2100. The van der Waals surface area contributed by atoms with Gasteiger partial charge in [0.2, 0.25) is 11.8 Å². The number of anilines is 1. The maximum absolute atomic E-state index is 12.6. The first kappa shape index (κ1) is 38.8. The number of piperidine rings is 3. The Kier molecular flexibility index (Phi) is 11.4. The third-order valence-electron chi connectivity index (χ3n) is 12.2. The predicted octanol–water partition coefficient (Wildman–Crippen LogP) is 9.12. The first-order valence-corrected chi connectivity index (χ1v) is 20.9. The van der Waals surface area contributed by atoms with E-state index >= 15 is 0 Å². The summed E-state index contributed by atoms with van der Waals surface area (Å²) in [6.07, 6.45) is 6.85. The third-order valence-corrected chi connectivity index (χ3v) is 12.2. The van der Waals surface area contributed by atoms with E-state index in [0.29, 0.717) is 36.3 Å². The van der Waals surface area contributed by atoms with Gasteiger partial charge >= 0.3 is 6.09 Å². The summed E-state index contributed by atoms with van der Waals surface area (Å²) in [5.41, 5.74) is 6.13. The van der Waals surface area contributed by atoms with Crippen molar-refractivity contribution in [3.8, 4) is 23.0 Å². The summed E-state index contributed by atoms with van der Waals surface area (Å²) in [5.74, 6) is 1.72. The third kappa shape index (κ3) is 9.22. The number of benzene rings is 3. The second-order valence-corrected chi connectivity index (χ2v) is 17.4. The molecule has 3 saturated heterocycles. The predicted molar refractivity (Wildman–Crippen MR) is 226 cm³/mol. The number of hydrogen-bond donors (Lipinski definition) is 0. The average molecular weight is 771 g/mol. The van der Waals surface area contributed by atoms with Crippen molar-refractivity contribution in [2.75, 3.05) is 50.7 Å². The number of para-hydroxylation sites is 1. The van der Waals surface area contributed by atoms with Crippen LogP contribution in [0.25, 0.3) is 22.2 Å². The summed E-state index contributed by atoms with van der Waals surface area (Å²) in [6, 6.07) is 30.8. The van der Waals surface area contributed by atoms with E-state index in [-0.39, 0.29) is 6.09 Å². The van der Waals surface area contributed by atoms with Crippen LogP contribution >= 0.6 is 0 Å². The Labute approximate surface area is 337 Å². The fraction of sp³-hybridized carbons (Fsp3) is 0.468. The molecule has 0 N–H and O–H groups in total. The number of amides is 1. The van der Waals surface area contributed by atoms with Crippen LogP contribution in [-0.2, 0) is 25.0 Å². The zero-order valence-electron chi connectivity index (χ0n) is 34.2. The van der Waals surface area contributed by atoms with Crippen LogP contribution in [0.3, 0.4) is 0 Å². The molecule has 1 spiro atoms. The van der Waals surface area contributed by atoms with Gasteiger partial charge in [0.05, 0.1) is 16.8 Å². The number of aryl methyl sites for hydroxylation is 1. The van der Waals surface area contributed by atoms with E-state index in [1.807, 2.05) is 98.1 Å². The molecule has 8 rings (SSSR count). The van der Waals surface area contributed by atoms with Crippen molar-refractivity contribution in [3.05, 3.63) is 102 Å². The van der Waals surface area contributed by atoms with Gasteiger partial charge in [0, 0.05) is 51.2 Å². The zero-order valence-corrected chi connectivity index (χ0v) is 34.2. The molecule has 0 saturated carbocycles. The highest BCUT2D eigenvalue weighted by Gasteiger charge is 2.40. The largest absolute Gasteiger partial charge is 0.473 e. The van der Waals surface area contributed by atoms with Crippen molar-refractivity contribution >= 4 is 22.7 Å². The Morgan fingerprint density at radius 1 is 0.754 bits per heavy atom. The van der Waals surface area contributed by atoms with Crippen molar-refractivity contribution in [1.29, 1.82) is 0 Å². The van der Waals surface area contributed by atoms with Gasteiger partial charge in [0.25, 0.3) is 0 Å². The van der Waals surface area contributed by atoms with Gasteiger partial charge in [-0.3, -0.25) is 4.68 Å². The number of rotatable bonds is 10. The lowest BCUT2D eigenvalue weighted by Gasteiger charge is -2.47. The molecule has 0 aliphatic carbocycles. The van der Waals surface area contributed by atoms with Crippen LogP contribution in [0.5, 0.6) is 11.8 Å². The van der Waals surface area contributed by atoms with Crippen LogP contribution in [0.15, 0.2) is 91.0 Å². The summed E-state index contributed by atoms with van der Waals surface area (Å²) < 4.78 is 20.2. The number of aromatic nitrogens is 3. The number of pyridine rings is 1. The topological polar surface area (TPSA) is 85.2 Å². The van der Waals surface area contributed by atoms with Crippen molar-refractivity contribution in [2.24, 2.45) is 18.4 Å². The number of ether oxygens (including phenoxy) is 3. The molecule has 0 radical (unpaired) electrons. The number of hydrogen-bond acceptors (Lipinski definition) is 8. The minimum atomic E-state index is -0.447. The van der Waals surface area contributed by atoms with E-state index in [9.17, 15) is 4.79 Å². The smallest absolute Gasteiger partial charge is 0.410 e. The van der Waals surface area contributed by atoms with Crippen molar-refractivity contribution in [3.63, 3.8) is 0 Å². The quantitative estimate of drug-likeness (QED) is 0.139. The summed E-state index contributed by atoms with van der Waals surface area (Å²) >= 11 is 0. The van der Waals surface area contributed by atoms with Gasteiger partial charge in [0.1, 0.15) is 24.5 Å². The molecule has 3 aliphatic rings. The lowest BCUT2D eigenvalue weighted by Crippen LogP contribution is -2.50. The molecular formula is C47H58N6O4. The lowest BCUT2D eigenvalue weighted by atomic mass is 9.71. The Morgan fingerprint density at radius 3 is 2.04 bits per heavy atom. The van der Waals surface area contributed by atoms with Crippen LogP contribution < -0.4 is 14.4 Å². The number of likely N-dealkylation sites (tertiary alicyclic amines) is 2. The van der Waals surface area contributed by atoms with E-state index in [1.54, 1.807) is 0 Å². The first-order valence-electron chi connectivity index (χ1n) is 20.9. The molecule has 3 aliphatic heterocycles. The standard InChI is InChI=1S/C47H58N6O4/c1-46(2,3)57-45(54)53-30-24-47(25-31-53)22-28-51(29-23-47)32-35-20-26-52(27-21-35)40-17-11-16-38-42(49-50(4)43(38)40)39-18-19-41(55-33-36-12-7-5-8-13-36)48-44(39)56-34-37-14-9-6-10-15-37/h5-19,35H,20-34H2,1-4H3. The van der Waals surface area contributed by atoms with Crippen molar-refractivity contribution in [1.82, 2.24) is 24.6 Å². The minimum absolute atomic E-state index is 0.160. The molecule has 10 nitrogen and oxygen atoms in total. The van der Waals surface area contributed by atoms with Gasteiger partial charge in [-0.25, -0.2) is 4.79 Å². The molecule has 5 heterocycles. The number of carbonyl (C=O) groups is 1. The van der Waals surface area contributed by atoms with Gasteiger partial charge in [-0.2, -0.15) is 10.1 Å². The monoisotopic (exact) mass is 770 g/mol. The molecule has 5 aromatic rings. The fourth-order valence-corrected chi connectivity index (χ4v) is 8.94. The molecule has 1 amide bonds. The van der Waals surface area contributed by atoms with Crippen molar-refractivity contribution < 1.29 is 19.0 Å². The van der Waals surface area contributed by atoms with Crippen LogP contribution in [0.1, 0.15) is 70.4 Å². The molecule has 0 unspecified atom stereocenters. The molecule has 0 bridgehead atoms. The highest BCUT2D eigenvalue weighted by molar-refractivity contribution is 6.01. The van der Waals surface area contributed by atoms with Crippen LogP contribution in [0, 0.1) is 11.3 Å². The maximum Gasteiger partial charge on any atom is 0.410 e. The fourth-order valence-electron chi connectivity index (χ4n) is 8.94. The van der Waals surface area contributed by atoms with Gasteiger partial charge in [-0.15, -0.1) is 0 Å². The number of fused-ring (bicyclic) bond motifs is 1. The molecule has 0 atom stereocenters. The Balaban J connectivity index is 0.909. The molecule has 10 heteroatoms. The SMILES string of the molecule is Cn1nc(-c2ccc(OCc3ccccc3)nc2OCc2ccccc2)c2cccc(N3CCC(CN4CCC5(CC4)CCN(C(=O)OC(C)(C)C)CC5)CC3)c21. The second kappa shape index (κ2) is 16.8. The normalized spacial score (nSPS) is 17.9. The second-order valence-electron chi connectivity index (χ2n) is 17.4. The molecular weight excluding hydrogens is 713 g/mol. The van der Waals surface area contributed by atoms with E-state index in [1.165, 1.54) is 37.9 Å².